The number of carboxylic acids is 1. The third kappa shape index (κ3) is 2.59. The summed E-state index contributed by atoms with van der Waals surface area (Å²) in [6, 6.07) is 5.93. The third-order valence-corrected chi connectivity index (χ3v) is 3.05. The maximum absolute atomic E-state index is 11.8. The lowest BCUT2D eigenvalue weighted by molar-refractivity contribution is -0.136. The minimum atomic E-state index is -1.01. The smallest absolute Gasteiger partial charge is 0.308 e. The molecule has 0 saturated heterocycles. The Morgan fingerprint density at radius 1 is 1.21 bits per heavy atom. The molecule has 2 aromatic rings. The molecule has 2 rings (SSSR count). The summed E-state index contributed by atoms with van der Waals surface area (Å²) in [6.07, 6.45) is -0.265. The van der Waals surface area contributed by atoms with E-state index < -0.39 is 5.97 Å². The average Bonchev–Trinajstić information content (AvgIpc) is 2.55. The molecule has 0 radical (unpaired) electrons. The highest BCUT2D eigenvalue weighted by Crippen LogP contribution is 2.15. The summed E-state index contributed by atoms with van der Waals surface area (Å²) in [4.78, 5) is 22.6. The summed E-state index contributed by atoms with van der Waals surface area (Å²) < 4.78 is 1.64. The molecule has 1 aromatic carbocycles. The number of hydrogen-bond donors (Lipinski definition) is 2. The number of carboxylic acid groups (broad SMARTS) is 1. The number of benzene rings is 1. The van der Waals surface area contributed by atoms with Crippen molar-refractivity contribution < 1.29 is 9.90 Å². The first-order chi connectivity index (χ1) is 8.88. The predicted molar refractivity (Wildman–Crippen MR) is 71.9 cm³/mol. The zero-order valence-electron chi connectivity index (χ0n) is 11.2. The Morgan fingerprint density at radius 3 is 2.32 bits per heavy atom. The van der Waals surface area contributed by atoms with Gasteiger partial charge in [-0.1, -0.05) is 6.07 Å². The molecule has 5 nitrogen and oxygen atoms in total. The lowest BCUT2D eigenvalue weighted by Crippen LogP contribution is -2.11. The minimum absolute atomic E-state index is 0.265. The van der Waals surface area contributed by atoms with Gasteiger partial charge >= 0.3 is 5.97 Å². The van der Waals surface area contributed by atoms with E-state index in [1.54, 1.807) is 11.6 Å². The van der Waals surface area contributed by atoms with Gasteiger partial charge in [0.2, 0.25) is 0 Å². The molecule has 1 heterocycles. The van der Waals surface area contributed by atoms with E-state index in [0.717, 1.165) is 16.8 Å². The molecule has 1 aromatic heterocycles. The third-order valence-electron chi connectivity index (χ3n) is 3.05. The Labute approximate surface area is 110 Å². The second-order valence-corrected chi connectivity index (χ2v) is 4.76. The van der Waals surface area contributed by atoms with Gasteiger partial charge in [-0.2, -0.15) is 0 Å². The maximum atomic E-state index is 11.8. The van der Waals surface area contributed by atoms with Gasteiger partial charge in [0.1, 0.15) is 0 Å². The van der Waals surface area contributed by atoms with Gasteiger partial charge in [-0.15, -0.1) is 0 Å². The minimum Gasteiger partial charge on any atom is -0.481 e. The number of H-pyrrole nitrogens is 1. The van der Waals surface area contributed by atoms with Crippen molar-refractivity contribution in [1.29, 1.82) is 0 Å². The second-order valence-electron chi connectivity index (χ2n) is 4.76. The number of hydrogen-bond acceptors (Lipinski definition) is 2. The molecule has 100 valence electrons. The van der Waals surface area contributed by atoms with E-state index in [0.29, 0.717) is 11.3 Å². The van der Waals surface area contributed by atoms with Crippen LogP contribution in [0.1, 0.15) is 22.4 Å². The van der Waals surface area contributed by atoms with Gasteiger partial charge in [0.15, 0.2) is 0 Å². The van der Waals surface area contributed by atoms with Crippen molar-refractivity contribution in [3.63, 3.8) is 0 Å². The Bertz CT molecular complexity index is 675. The van der Waals surface area contributed by atoms with Crippen molar-refractivity contribution >= 4 is 5.97 Å². The van der Waals surface area contributed by atoms with Gasteiger partial charge < -0.3 is 5.11 Å². The first-order valence-electron chi connectivity index (χ1n) is 5.99. The number of carbonyl (C=O) groups is 1. The second kappa shape index (κ2) is 4.76. The highest BCUT2D eigenvalue weighted by atomic mass is 16.4. The van der Waals surface area contributed by atoms with Crippen LogP contribution in [0.3, 0.4) is 0 Å². The topological polar surface area (TPSA) is 75.1 Å². The number of aromatic amines is 1. The van der Waals surface area contributed by atoms with E-state index in [4.69, 9.17) is 5.11 Å². The summed E-state index contributed by atoms with van der Waals surface area (Å²) in [5.41, 5.74) is 3.60. The fourth-order valence-electron chi connectivity index (χ4n) is 2.25. The van der Waals surface area contributed by atoms with Crippen LogP contribution < -0.4 is 5.56 Å². The molecule has 0 aliphatic heterocycles. The predicted octanol–water partition coefficient (Wildman–Crippen LogP) is 1.72. The lowest BCUT2D eigenvalue weighted by Gasteiger charge is -2.08. The highest BCUT2D eigenvalue weighted by molar-refractivity contribution is 5.70. The Kier molecular flexibility index (Phi) is 3.29. The van der Waals surface area contributed by atoms with Crippen LogP contribution in [-0.2, 0) is 11.2 Å². The highest BCUT2D eigenvalue weighted by Gasteiger charge is 2.15. The van der Waals surface area contributed by atoms with Crippen molar-refractivity contribution in [2.45, 2.75) is 27.2 Å². The molecule has 2 N–H and O–H groups in total. The van der Waals surface area contributed by atoms with Gasteiger partial charge in [-0.25, -0.2) is 0 Å². The normalized spacial score (nSPS) is 10.7. The molecule has 0 aliphatic rings. The van der Waals surface area contributed by atoms with Crippen LogP contribution in [0.4, 0.5) is 0 Å². The van der Waals surface area contributed by atoms with E-state index >= 15 is 0 Å². The van der Waals surface area contributed by atoms with Crippen LogP contribution in [0.5, 0.6) is 0 Å². The Hall–Kier alpha value is -2.30. The molecule has 19 heavy (non-hydrogen) atoms. The monoisotopic (exact) mass is 260 g/mol. The summed E-state index contributed by atoms with van der Waals surface area (Å²) >= 11 is 0. The van der Waals surface area contributed by atoms with E-state index in [-0.39, 0.29) is 12.0 Å². The summed E-state index contributed by atoms with van der Waals surface area (Å²) in [6.45, 7) is 5.70. The molecule has 5 heteroatoms. The number of rotatable bonds is 3. The van der Waals surface area contributed by atoms with Gasteiger partial charge in [-0.3, -0.25) is 19.4 Å². The average molecular weight is 260 g/mol. The van der Waals surface area contributed by atoms with Crippen LogP contribution in [0.2, 0.25) is 0 Å². The van der Waals surface area contributed by atoms with E-state index in [9.17, 15) is 9.59 Å². The number of aliphatic carboxylic acids is 1. The van der Waals surface area contributed by atoms with Crippen LogP contribution in [0, 0.1) is 20.8 Å². The molecule has 0 aliphatic carbocycles. The SMILES string of the molecule is Cc1cc(C)cc(-n2[nH]c(=O)c(CC(=O)O)c2C)c1. The van der Waals surface area contributed by atoms with E-state index in [1.165, 1.54) is 0 Å². The van der Waals surface area contributed by atoms with Crippen LogP contribution in [-0.4, -0.2) is 20.9 Å². The molecule has 0 amide bonds. The van der Waals surface area contributed by atoms with E-state index in [2.05, 4.69) is 5.10 Å². The number of nitrogens with one attached hydrogen (secondary N) is 1. The number of nitrogens with zero attached hydrogens (tertiary/aromatic N) is 1. The van der Waals surface area contributed by atoms with Gasteiger partial charge in [-0.05, 0) is 44.0 Å². The standard InChI is InChI=1S/C14H16N2O3/c1-8-4-9(2)6-11(5-8)16-10(3)12(7-13(17)18)14(19)15-16/h4-6H,7H2,1-3H3,(H,15,19)(H,17,18). The first-order valence-corrected chi connectivity index (χ1v) is 5.99. The van der Waals surface area contributed by atoms with Crippen LogP contribution in [0.25, 0.3) is 5.69 Å². The van der Waals surface area contributed by atoms with Gasteiger partial charge in [0, 0.05) is 5.69 Å². The van der Waals surface area contributed by atoms with Gasteiger partial charge in [0.05, 0.1) is 17.7 Å². The maximum Gasteiger partial charge on any atom is 0.308 e. The molecular weight excluding hydrogens is 244 g/mol. The zero-order valence-corrected chi connectivity index (χ0v) is 11.2. The molecule has 0 fully saturated rings. The van der Waals surface area contributed by atoms with E-state index in [1.807, 2.05) is 32.0 Å². The summed E-state index contributed by atoms with van der Waals surface area (Å²) in [7, 11) is 0. The Balaban J connectivity index is 2.57. The molecule has 0 saturated carbocycles. The van der Waals surface area contributed by atoms with Crippen molar-refractivity contribution in [3.05, 3.63) is 50.9 Å². The lowest BCUT2D eigenvalue weighted by atomic mass is 10.1. The number of aromatic nitrogens is 2. The summed E-state index contributed by atoms with van der Waals surface area (Å²) in [5.74, 6) is -1.01. The largest absolute Gasteiger partial charge is 0.481 e. The van der Waals surface area contributed by atoms with Crippen molar-refractivity contribution in [2.24, 2.45) is 0 Å². The van der Waals surface area contributed by atoms with Crippen molar-refractivity contribution in [2.75, 3.05) is 0 Å². The quantitative estimate of drug-likeness (QED) is 0.882. The summed E-state index contributed by atoms with van der Waals surface area (Å²) in [5, 5.41) is 11.5. The van der Waals surface area contributed by atoms with Crippen molar-refractivity contribution in [3.8, 4) is 5.69 Å². The first kappa shape index (κ1) is 13.1. The molecule has 0 spiro atoms. The van der Waals surface area contributed by atoms with Crippen molar-refractivity contribution in [1.82, 2.24) is 9.78 Å². The molecule has 0 unspecified atom stereocenters. The van der Waals surface area contributed by atoms with Gasteiger partial charge in [0.25, 0.3) is 5.56 Å². The van der Waals surface area contributed by atoms with Crippen LogP contribution >= 0.6 is 0 Å². The number of aryl methyl sites for hydroxylation is 2. The fourth-order valence-corrected chi connectivity index (χ4v) is 2.25. The zero-order chi connectivity index (χ0) is 14.2. The molecule has 0 atom stereocenters. The molecule has 0 bridgehead atoms. The fraction of sp³-hybridized carbons (Fsp3) is 0.286. The Morgan fingerprint density at radius 2 is 1.79 bits per heavy atom. The van der Waals surface area contributed by atoms with Crippen LogP contribution in [0.15, 0.2) is 23.0 Å². The molecular formula is C14H16N2O3.